The fourth-order valence-corrected chi connectivity index (χ4v) is 2.77. The molecule has 1 heterocycles. The normalized spacial score (nSPS) is 11.1. The predicted molar refractivity (Wildman–Crippen MR) is 83.7 cm³/mol. The van der Waals surface area contributed by atoms with Crippen molar-refractivity contribution in [3.63, 3.8) is 0 Å². The van der Waals surface area contributed by atoms with Crippen LogP contribution in [0, 0.1) is 9.39 Å². The minimum atomic E-state index is -0.392. The summed E-state index contributed by atoms with van der Waals surface area (Å²) in [6.45, 7) is 4.06. The molecule has 0 spiro atoms. The number of nitrogens with zero attached hydrogens (tertiary/aromatic N) is 2. The molecular formula is C13H12ClFIN3. The molecule has 2 aromatic rings. The first-order valence-electron chi connectivity index (χ1n) is 5.68. The third kappa shape index (κ3) is 2.97. The van der Waals surface area contributed by atoms with Gasteiger partial charge in [-0.2, -0.15) is 0 Å². The van der Waals surface area contributed by atoms with Crippen molar-refractivity contribution >= 4 is 40.0 Å². The van der Waals surface area contributed by atoms with E-state index in [9.17, 15) is 4.39 Å². The van der Waals surface area contributed by atoms with Crippen molar-refractivity contribution in [3.05, 3.63) is 38.3 Å². The Labute approximate surface area is 129 Å². The van der Waals surface area contributed by atoms with Gasteiger partial charge in [0.25, 0.3) is 0 Å². The molecule has 6 heteroatoms. The number of benzene rings is 1. The smallest absolute Gasteiger partial charge is 0.163 e. The Bertz CT molecular complexity index is 632. The van der Waals surface area contributed by atoms with E-state index in [1.165, 1.54) is 12.1 Å². The molecule has 1 aromatic carbocycles. The zero-order valence-electron chi connectivity index (χ0n) is 10.4. The molecule has 0 fully saturated rings. The molecule has 2 rings (SSSR count). The van der Waals surface area contributed by atoms with Crippen molar-refractivity contribution < 1.29 is 4.39 Å². The van der Waals surface area contributed by atoms with E-state index < -0.39 is 5.82 Å². The molecular weight excluding hydrogens is 380 g/mol. The van der Waals surface area contributed by atoms with Gasteiger partial charge in [-0.3, -0.25) is 0 Å². The number of nitrogen functional groups attached to an aromatic ring is 1. The summed E-state index contributed by atoms with van der Waals surface area (Å²) in [7, 11) is 0. The van der Waals surface area contributed by atoms with Crippen molar-refractivity contribution in [2.75, 3.05) is 5.73 Å². The lowest BCUT2D eigenvalue weighted by Crippen LogP contribution is -2.06. The lowest BCUT2D eigenvalue weighted by Gasteiger charge is -2.12. The molecule has 0 aliphatic heterocycles. The standard InChI is InChI=1S/C13H12ClFIN3/c1-6(2)11-10(16)12(17)19-13(18-11)8-4-3-7(15)5-9(8)14/h3-6H,1-2H3,(H2,17,18,19). The Kier molecular flexibility index (Phi) is 4.25. The number of rotatable bonds is 2. The summed E-state index contributed by atoms with van der Waals surface area (Å²) in [6, 6.07) is 4.13. The van der Waals surface area contributed by atoms with Gasteiger partial charge in [-0.15, -0.1) is 0 Å². The largest absolute Gasteiger partial charge is 0.383 e. The highest BCUT2D eigenvalue weighted by Crippen LogP contribution is 2.30. The minimum Gasteiger partial charge on any atom is -0.383 e. The topological polar surface area (TPSA) is 51.8 Å². The van der Waals surface area contributed by atoms with Crippen LogP contribution in [-0.2, 0) is 0 Å². The van der Waals surface area contributed by atoms with Gasteiger partial charge in [0.2, 0.25) is 0 Å². The van der Waals surface area contributed by atoms with E-state index in [1.54, 1.807) is 6.07 Å². The maximum atomic E-state index is 13.1. The SMILES string of the molecule is CC(C)c1nc(-c2ccc(F)cc2Cl)nc(N)c1I. The molecule has 0 amide bonds. The predicted octanol–water partition coefficient (Wildman–Crippen LogP) is 4.25. The molecule has 0 saturated heterocycles. The molecule has 0 radical (unpaired) electrons. The Morgan fingerprint density at radius 3 is 2.58 bits per heavy atom. The lowest BCUT2D eigenvalue weighted by atomic mass is 10.1. The highest BCUT2D eigenvalue weighted by Gasteiger charge is 2.15. The molecule has 0 aliphatic carbocycles. The van der Waals surface area contributed by atoms with Gasteiger partial charge in [-0.1, -0.05) is 25.4 Å². The summed E-state index contributed by atoms with van der Waals surface area (Å²) in [4.78, 5) is 8.72. The number of hydrogen-bond donors (Lipinski definition) is 1. The quantitative estimate of drug-likeness (QED) is 0.779. The summed E-state index contributed by atoms with van der Waals surface area (Å²) < 4.78 is 13.9. The van der Waals surface area contributed by atoms with E-state index >= 15 is 0 Å². The lowest BCUT2D eigenvalue weighted by molar-refractivity contribution is 0.628. The van der Waals surface area contributed by atoms with E-state index in [2.05, 4.69) is 32.6 Å². The van der Waals surface area contributed by atoms with Crippen molar-refractivity contribution in [3.8, 4) is 11.4 Å². The van der Waals surface area contributed by atoms with Gasteiger partial charge in [-0.05, 0) is 46.7 Å². The Morgan fingerprint density at radius 2 is 2.00 bits per heavy atom. The van der Waals surface area contributed by atoms with Crippen LogP contribution in [0.3, 0.4) is 0 Å². The molecule has 0 bridgehead atoms. The van der Waals surface area contributed by atoms with Gasteiger partial charge in [0.05, 0.1) is 14.3 Å². The molecule has 2 N–H and O–H groups in total. The highest BCUT2D eigenvalue weighted by atomic mass is 127. The summed E-state index contributed by atoms with van der Waals surface area (Å²) in [5.41, 5.74) is 7.34. The number of anilines is 1. The fraction of sp³-hybridized carbons (Fsp3) is 0.231. The van der Waals surface area contributed by atoms with Crippen LogP contribution in [0.4, 0.5) is 10.2 Å². The zero-order valence-corrected chi connectivity index (χ0v) is 13.3. The van der Waals surface area contributed by atoms with Gasteiger partial charge >= 0.3 is 0 Å². The fourth-order valence-electron chi connectivity index (χ4n) is 1.66. The summed E-state index contributed by atoms with van der Waals surface area (Å²) in [5.74, 6) is 0.660. The van der Waals surface area contributed by atoms with E-state index in [-0.39, 0.29) is 10.9 Å². The summed E-state index contributed by atoms with van der Waals surface area (Å²) in [6.07, 6.45) is 0. The first-order valence-corrected chi connectivity index (χ1v) is 7.14. The maximum Gasteiger partial charge on any atom is 0.163 e. The van der Waals surface area contributed by atoms with Crippen molar-refractivity contribution in [2.45, 2.75) is 19.8 Å². The van der Waals surface area contributed by atoms with Crippen LogP contribution < -0.4 is 5.73 Å². The highest BCUT2D eigenvalue weighted by molar-refractivity contribution is 14.1. The second-order valence-electron chi connectivity index (χ2n) is 4.41. The molecule has 0 saturated carbocycles. The molecule has 1 aromatic heterocycles. The van der Waals surface area contributed by atoms with Crippen molar-refractivity contribution in [2.24, 2.45) is 0 Å². The molecule has 3 nitrogen and oxygen atoms in total. The maximum absolute atomic E-state index is 13.1. The average molecular weight is 392 g/mol. The van der Waals surface area contributed by atoms with Crippen molar-refractivity contribution in [1.29, 1.82) is 0 Å². The van der Waals surface area contributed by atoms with E-state index in [1.807, 2.05) is 13.8 Å². The first-order chi connectivity index (χ1) is 8.90. The Balaban J connectivity index is 2.63. The second kappa shape index (κ2) is 5.58. The number of hydrogen-bond acceptors (Lipinski definition) is 3. The van der Waals surface area contributed by atoms with Gasteiger partial charge in [-0.25, -0.2) is 14.4 Å². The van der Waals surface area contributed by atoms with Gasteiger partial charge < -0.3 is 5.73 Å². The van der Waals surface area contributed by atoms with Crippen molar-refractivity contribution in [1.82, 2.24) is 9.97 Å². The van der Waals surface area contributed by atoms with E-state index in [4.69, 9.17) is 17.3 Å². The number of aromatic nitrogens is 2. The van der Waals surface area contributed by atoms with Crippen LogP contribution in [0.15, 0.2) is 18.2 Å². The molecule has 0 atom stereocenters. The first kappa shape index (κ1) is 14.5. The third-order valence-corrected chi connectivity index (χ3v) is 4.04. The van der Waals surface area contributed by atoms with Crippen LogP contribution >= 0.6 is 34.2 Å². The summed E-state index contributed by atoms with van der Waals surface area (Å²) >= 11 is 8.15. The van der Waals surface area contributed by atoms with Crippen LogP contribution in [0.2, 0.25) is 5.02 Å². The molecule has 0 unspecified atom stereocenters. The zero-order chi connectivity index (χ0) is 14.2. The Hall–Kier alpha value is -0.950. The van der Waals surface area contributed by atoms with E-state index in [0.717, 1.165) is 9.26 Å². The monoisotopic (exact) mass is 391 g/mol. The molecule has 19 heavy (non-hydrogen) atoms. The van der Waals surface area contributed by atoms with E-state index in [0.29, 0.717) is 17.2 Å². The van der Waals surface area contributed by atoms with Crippen LogP contribution in [0.1, 0.15) is 25.5 Å². The number of halogens is 3. The van der Waals surface area contributed by atoms with Gasteiger partial charge in [0.15, 0.2) is 5.82 Å². The van der Waals surface area contributed by atoms with Gasteiger partial charge in [0, 0.05) is 5.56 Å². The average Bonchev–Trinajstić information content (AvgIpc) is 2.32. The number of nitrogens with two attached hydrogens (primary N) is 1. The Morgan fingerprint density at radius 1 is 1.32 bits per heavy atom. The van der Waals surface area contributed by atoms with Gasteiger partial charge in [0.1, 0.15) is 11.6 Å². The second-order valence-corrected chi connectivity index (χ2v) is 5.90. The van der Waals surface area contributed by atoms with Crippen LogP contribution in [0.25, 0.3) is 11.4 Å². The third-order valence-electron chi connectivity index (χ3n) is 2.62. The molecule has 100 valence electrons. The molecule has 0 aliphatic rings. The van der Waals surface area contributed by atoms with Crippen LogP contribution in [0.5, 0.6) is 0 Å². The minimum absolute atomic E-state index is 0.218. The summed E-state index contributed by atoms with van der Waals surface area (Å²) in [5, 5.41) is 0.273. The van der Waals surface area contributed by atoms with Crippen LogP contribution in [-0.4, -0.2) is 9.97 Å².